The van der Waals surface area contributed by atoms with Gasteiger partial charge in [-0.3, -0.25) is 4.90 Å². The first-order valence-electron chi connectivity index (χ1n) is 12.6. The molecular weight excluding hydrogens is 436 g/mol. The predicted molar refractivity (Wildman–Crippen MR) is 131 cm³/mol. The Morgan fingerprint density at radius 2 is 1.09 bits per heavy atom. The van der Waals surface area contributed by atoms with Crippen molar-refractivity contribution >= 4 is 24.3 Å². The largest absolute Gasteiger partial charge is 0.449 e. The number of hydrogen-bond donors (Lipinski definition) is 0. The summed E-state index contributed by atoms with van der Waals surface area (Å²) in [5, 5.41) is 0. The molecule has 0 unspecified atom stereocenters. The molecule has 0 aliphatic carbocycles. The number of isocyanates is 3. The van der Waals surface area contributed by atoms with Crippen molar-refractivity contribution in [1.29, 1.82) is 0 Å². The number of nitrogens with zero attached hydrogens (tertiary/aromatic N) is 6. The van der Waals surface area contributed by atoms with E-state index in [1.54, 1.807) is 18.2 Å². The van der Waals surface area contributed by atoms with E-state index in [-0.39, 0.29) is 0 Å². The van der Waals surface area contributed by atoms with Crippen molar-refractivity contribution in [2.45, 2.75) is 77.0 Å². The van der Waals surface area contributed by atoms with E-state index in [4.69, 9.17) is 9.73 Å². The minimum absolute atomic E-state index is 0.554. The molecule has 1 heterocycles. The highest BCUT2D eigenvalue weighted by atomic mass is 16.5. The van der Waals surface area contributed by atoms with E-state index in [1.807, 2.05) is 0 Å². The summed E-state index contributed by atoms with van der Waals surface area (Å²) in [7, 11) is 0. The maximum Gasteiger partial charge on any atom is 0.289 e. The molecule has 0 spiro atoms. The summed E-state index contributed by atoms with van der Waals surface area (Å²) in [6.45, 7) is 5.63. The van der Waals surface area contributed by atoms with E-state index in [2.05, 4.69) is 24.8 Å². The van der Waals surface area contributed by atoms with Gasteiger partial charge in [0.15, 0.2) is 0 Å². The third kappa shape index (κ3) is 16.1. The molecule has 1 fully saturated rings. The lowest BCUT2D eigenvalue weighted by Gasteiger charge is -2.37. The van der Waals surface area contributed by atoms with Crippen LogP contribution in [0.2, 0.25) is 0 Å². The van der Waals surface area contributed by atoms with Crippen LogP contribution < -0.4 is 0 Å². The topological polar surface area (TPSA) is 116 Å². The van der Waals surface area contributed by atoms with Crippen molar-refractivity contribution in [1.82, 2.24) is 9.80 Å². The van der Waals surface area contributed by atoms with Crippen LogP contribution in [0.15, 0.2) is 20.0 Å². The van der Waals surface area contributed by atoms with Gasteiger partial charge in [0.1, 0.15) is 6.73 Å². The summed E-state index contributed by atoms with van der Waals surface area (Å²) in [6.07, 6.45) is 17.0. The van der Waals surface area contributed by atoms with Crippen LogP contribution in [-0.4, -0.2) is 86.7 Å². The third-order valence-electron chi connectivity index (χ3n) is 5.58. The molecular formula is C24H40N6O4. The van der Waals surface area contributed by atoms with Gasteiger partial charge in [-0.25, -0.2) is 34.4 Å². The van der Waals surface area contributed by atoms with Crippen LogP contribution in [0.1, 0.15) is 77.0 Å². The van der Waals surface area contributed by atoms with Crippen molar-refractivity contribution in [2.75, 3.05) is 52.7 Å². The highest BCUT2D eigenvalue weighted by molar-refractivity contribution is 5.74. The van der Waals surface area contributed by atoms with E-state index in [1.165, 1.54) is 0 Å². The van der Waals surface area contributed by atoms with Crippen molar-refractivity contribution < 1.29 is 19.1 Å². The lowest BCUT2D eigenvalue weighted by molar-refractivity contribution is 0.0144. The zero-order valence-corrected chi connectivity index (χ0v) is 20.5. The summed E-state index contributed by atoms with van der Waals surface area (Å²) in [5.74, 6) is 0. The number of rotatable bonds is 21. The number of ether oxygens (including phenoxy) is 1. The second-order valence-corrected chi connectivity index (χ2v) is 8.40. The zero-order chi connectivity index (χ0) is 24.5. The fraction of sp³-hybridized carbons (Fsp3) is 0.833. The first-order chi connectivity index (χ1) is 16.8. The maximum absolute atomic E-state index is 10.1. The lowest BCUT2D eigenvalue weighted by Crippen LogP contribution is -2.50. The van der Waals surface area contributed by atoms with Crippen molar-refractivity contribution in [3.8, 4) is 0 Å². The van der Waals surface area contributed by atoms with Gasteiger partial charge in [-0.1, -0.05) is 38.5 Å². The van der Waals surface area contributed by atoms with Crippen molar-refractivity contribution in [2.24, 2.45) is 20.0 Å². The molecule has 1 aliphatic rings. The van der Waals surface area contributed by atoms with Crippen molar-refractivity contribution in [3.05, 3.63) is 0 Å². The zero-order valence-electron chi connectivity index (χ0n) is 20.5. The van der Waals surface area contributed by atoms with Gasteiger partial charge in [-0.15, -0.1) is 0 Å². The van der Waals surface area contributed by atoms with Gasteiger partial charge >= 0.3 is 0 Å². The van der Waals surface area contributed by atoms with Crippen LogP contribution in [0.4, 0.5) is 0 Å². The summed E-state index contributed by atoms with van der Waals surface area (Å²) < 4.78 is 6.01. The van der Waals surface area contributed by atoms with Crippen LogP contribution in [0.5, 0.6) is 0 Å². The molecule has 0 amide bonds. The Balaban J connectivity index is 2.39. The monoisotopic (exact) mass is 476 g/mol. The SMILES string of the molecule is O=C=NCCCCCC/N=C1/OCN(CCCCCCN=C=O)CN1CCCCCCN=C=O. The molecule has 0 radical (unpaired) electrons. The second kappa shape index (κ2) is 22.2. The average molecular weight is 477 g/mol. The number of hydrogen-bond acceptors (Lipinski definition) is 9. The quantitative estimate of drug-likeness (QED) is 0.142. The summed E-state index contributed by atoms with van der Waals surface area (Å²) in [4.78, 5) is 50.3. The van der Waals surface area contributed by atoms with Crippen LogP contribution in [0, 0.1) is 0 Å². The van der Waals surface area contributed by atoms with Gasteiger partial charge in [-0.2, -0.15) is 0 Å². The molecule has 0 aromatic heterocycles. The second-order valence-electron chi connectivity index (χ2n) is 8.40. The van der Waals surface area contributed by atoms with Gasteiger partial charge in [0.2, 0.25) is 18.2 Å². The number of unbranched alkanes of at least 4 members (excludes halogenated alkanes) is 9. The Kier molecular flexibility index (Phi) is 19.2. The normalized spacial score (nSPS) is 14.7. The lowest BCUT2D eigenvalue weighted by atomic mass is 10.2. The average Bonchev–Trinajstić information content (AvgIpc) is 2.85. The molecule has 0 aromatic rings. The highest BCUT2D eigenvalue weighted by Gasteiger charge is 2.22. The molecule has 10 heteroatoms. The number of carbonyl (C=O) groups excluding carboxylic acids is 3. The predicted octanol–water partition coefficient (Wildman–Crippen LogP) is 3.58. The standard InChI is InChI=1S/C24H40N6O4/c31-19-25-13-7-1-2-10-16-28-24-30(18-12-6-4-9-15-27-21-33)22-29(23-34-24)17-11-5-3-8-14-26-20-32/h1-18,22-23H2/b28-24+. The van der Waals surface area contributed by atoms with Gasteiger partial charge in [0, 0.05) is 19.6 Å². The van der Waals surface area contributed by atoms with E-state index >= 15 is 0 Å². The number of amidine groups is 1. The van der Waals surface area contributed by atoms with Gasteiger partial charge in [-0.05, 0) is 38.5 Å². The Morgan fingerprint density at radius 3 is 1.62 bits per heavy atom. The Labute approximate surface area is 203 Å². The first kappa shape index (κ1) is 29.4. The molecule has 1 rings (SSSR count). The van der Waals surface area contributed by atoms with Crippen LogP contribution in [-0.2, 0) is 19.1 Å². The molecule has 1 aliphatic heterocycles. The molecule has 34 heavy (non-hydrogen) atoms. The smallest absolute Gasteiger partial charge is 0.289 e. The molecule has 0 atom stereocenters. The Morgan fingerprint density at radius 1 is 0.618 bits per heavy atom. The van der Waals surface area contributed by atoms with E-state index in [0.717, 1.165) is 109 Å². The van der Waals surface area contributed by atoms with E-state index < -0.39 is 0 Å². The minimum atomic E-state index is 0.554. The van der Waals surface area contributed by atoms with E-state index in [9.17, 15) is 14.4 Å². The van der Waals surface area contributed by atoms with Crippen LogP contribution >= 0.6 is 0 Å². The molecule has 0 bridgehead atoms. The number of aliphatic imine (C=N–C) groups is 4. The fourth-order valence-electron chi connectivity index (χ4n) is 3.73. The van der Waals surface area contributed by atoms with Crippen LogP contribution in [0.3, 0.4) is 0 Å². The van der Waals surface area contributed by atoms with E-state index in [0.29, 0.717) is 26.4 Å². The van der Waals surface area contributed by atoms with Crippen LogP contribution in [0.25, 0.3) is 0 Å². The summed E-state index contributed by atoms with van der Waals surface area (Å²) in [6, 6.07) is 0.735. The Bertz CT molecular complexity index is 698. The molecule has 0 aromatic carbocycles. The molecule has 1 saturated heterocycles. The van der Waals surface area contributed by atoms with Crippen molar-refractivity contribution in [3.63, 3.8) is 0 Å². The van der Waals surface area contributed by atoms with Gasteiger partial charge in [0.25, 0.3) is 6.02 Å². The third-order valence-corrected chi connectivity index (χ3v) is 5.58. The summed E-state index contributed by atoms with van der Waals surface area (Å²) >= 11 is 0. The molecule has 190 valence electrons. The first-order valence-corrected chi connectivity index (χ1v) is 12.6. The minimum Gasteiger partial charge on any atom is -0.449 e. The van der Waals surface area contributed by atoms with Gasteiger partial charge < -0.3 is 9.64 Å². The van der Waals surface area contributed by atoms with Gasteiger partial charge in [0.05, 0.1) is 26.3 Å². The summed E-state index contributed by atoms with van der Waals surface area (Å²) in [5.41, 5.74) is 0. The molecule has 0 N–H and O–H groups in total. The Hall–Kier alpha value is -2.63. The highest BCUT2D eigenvalue weighted by Crippen LogP contribution is 2.12. The molecule has 10 nitrogen and oxygen atoms in total. The molecule has 0 saturated carbocycles. The maximum atomic E-state index is 10.1. The fourth-order valence-corrected chi connectivity index (χ4v) is 3.73.